The lowest BCUT2D eigenvalue weighted by atomic mass is 9.78. The predicted molar refractivity (Wildman–Crippen MR) is 98.6 cm³/mol. The zero-order chi connectivity index (χ0) is 17.8. The zero-order valence-corrected chi connectivity index (χ0v) is 15.7. The molecule has 134 valence electrons. The molecule has 1 aliphatic rings. The van der Waals surface area contributed by atoms with Gasteiger partial charge >= 0.3 is 0 Å². The van der Waals surface area contributed by atoms with Crippen molar-refractivity contribution in [2.24, 2.45) is 11.8 Å². The first-order valence-electron chi connectivity index (χ1n) is 8.87. The molecule has 6 nitrogen and oxygen atoms in total. The van der Waals surface area contributed by atoms with Gasteiger partial charge in [-0.15, -0.1) is 5.10 Å². The number of amides is 1. The van der Waals surface area contributed by atoms with Crippen molar-refractivity contribution in [3.05, 3.63) is 30.3 Å². The van der Waals surface area contributed by atoms with Gasteiger partial charge in [0, 0.05) is 6.04 Å². The van der Waals surface area contributed by atoms with Gasteiger partial charge in [-0.1, -0.05) is 56.7 Å². The Hall–Kier alpha value is -1.89. The third kappa shape index (κ3) is 4.21. The molecule has 0 aliphatic heterocycles. The highest BCUT2D eigenvalue weighted by Gasteiger charge is 2.30. The van der Waals surface area contributed by atoms with Crippen molar-refractivity contribution in [2.75, 3.05) is 0 Å². The smallest absolute Gasteiger partial charge is 0.233 e. The fourth-order valence-electron chi connectivity index (χ4n) is 3.28. The van der Waals surface area contributed by atoms with E-state index in [0.717, 1.165) is 12.1 Å². The van der Waals surface area contributed by atoms with E-state index in [1.165, 1.54) is 24.6 Å². The molecule has 0 unspecified atom stereocenters. The van der Waals surface area contributed by atoms with Crippen molar-refractivity contribution < 1.29 is 4.79 Å². The number of rotatable bonds is 5. The van der Waals surface area contributed by atoms with E-state index in [1.54, 1.807) is 4.68 Å². The molecule has 1 aromatic heterocycles. The van der Waals surface area contributed by atoms with Crippen molar-refractivity contribution in [1.82, 2.24) is 25.5 Å². The minimum absolute atomic E-state index is 0.0542. The fraction of sp³-hybridized carbons (Fsp3) is 0.556. The monoisotopic (exact) mass is 359 g/mol. The summed E-state index contributed by atoms with van der Waals surface area (Å²) < 4.78 is 1.67. The summed E-state index contributed by atoms with van der Waals surface area (Å²) in [6, 6.07) is 9.97. The van der Waals surface area contributed by atoms with Gasteiger partial charge in [0.15, 0.2) is 0 Å². The summed E-state index contributed by atoms with van der Waals surface area (Å²) in [5.74, 6) is 1.23. The zero-order valence-electron chi connectivity index (χ0n) is 14.9. The molecular formula is C18H25N5OS. The Morgan fingerprint density at radius 1 is 1.28 bits per heavy atom. The Balaban J connectivity index is 1.64. The van der Waals surface area contributed by atoms with E-state index < -0.39 is 0 Å². The van der Waals surface area contributed by atoms with E-state index in [-0.39, 0.29) is 17.2 Å². The molecule has 1 amide bonds. The molecule has 1 N–H and O–H groups in total. The highest BCUT2D eigenvalue weighted by atomic mass is 32.2. The van der Waals surface area contributed by atoms with Crippen LogP contribution < -0.4 is 5.32 Å². The lowest BCUT2D eigenvalue weighted by Gasteiger charge is -2.35. The van der Waals surface area contributed by atoms with Gasteiger partial charge in [-0.2, -0.15) is 4.68 Å². The van der Waals surface area contributed by atoms with Crippen molar-refractivity contribution in [1.29, 1.82) is 0 Å². The van der Waals surface area contributed by atoms with Crippen molar-refractivity contribution >= 4 is 17.7 Å². The van der Waals surface area contributed by atoms with E-state index in [0.29, 0.717) is 17.0 Å². The summed E-state index contributed by atoms with van der Waals surface area (Å²) >= 11 is 1.39. The lowest BCUT2D eigenvalue weighted by molar-refractivity contribution is -0.121. The lowest BCUT2D eigenvalue weighted by Crippen LogP contribution is -2.46. The van der Waals surface area contributed by atoms with E-state index in [1.807, 2.05) is 37.3 Å². The molecule has 2 aromatic rings. The molecule has 4 atom stereocenters. The summed E-state index contributed by atoms with van der Waals surface area (Å²) in [7, 11) is 0. The summed E-state index contributed by atoms with van der Waals surface area (Å²) in [5.41, 5.74) is 0.886. The van der Waals surface area contributed by atoms with Gasteiger partial charge in [-0.05, 0) is 47.7 Å². The van der Waals surface area contributed by atoms with Crippen LogP contribution in [0.4, 0.5) is 0 Å². The average Bonchev–Trinajstić information content (AvgIpc) is 3.07. The number of benzene rings is 1. The number of carbonyl (C=O) groups is 1. The number of tetrazole rings is 1. The quantitative estimate of drug-likeness (QED) is 0.831. The third-order valence-electron chi connectivity index (χ3n) is 5.13. The summed E-state index contributed by atoms with van der Waals surface area (Å²) in [5, 5.41) is 15.5. The molecule has 1 heterocycles. The van der Waals surface area contributed by atoms with Gasteiger partial charge in [0.1, 0.15) is 0 Å². The number of hydrogen-bond donors (Lipinski definition) is 1. The fourth-order valence-corrected chi connectivity index (χ4v) is 4.10. The predicted octanol–water partition coefficient (Wildman–Crippen LogP) is 3.08. The maximum Gasteiger partial charge on any atom is 0.233 e. The summed E-state index contributed by atoms with van der Waals surface area (Å²) in [6.45, 7) is 6.42. The van der Waals surface area contributed by atoms with Gasteiger partial charge in [-0.25, -0.2) is 0 Å². The second kappa shape index (κ2) is 7.99. The number of para-hydroxylation sites is 1. The van der Waals surface area contributed by atoms with Gasteiger partial charge in [-0.3, -0.25) is 4.79 Å². The molecule has 1 saturated carbocycles. The molecule has 7 heteroatoms. The van der Waals surface area contributed by atoms with Gasteiger partial charge in [0.2, 0.25) is 11.1 Å². The average molecular weight is 359 g/mol. The van der Waals surface area contributed by atoms with Gasteiger partial charge < -0.3 is 5.32 Å². The van der Waals surface area contributed by atoms with Crippen LogP contribution in [0.2, 0.25) is 0 Å². The van der Waals surface area contributed by atoms with E-state index >= 15 is 0 Å². The Morgan fingerprint density at radius 2 is 2.04 bits per heavy atom. The van der Waals surface area contributed by atoms with E-state index in [4.69, 9.17) is 0 Å². The highest BCUT2D eigenvalue weighted by molar-refractivity contribution is 8.00. The maximum atomic E-state index is 12.6. The molecular weight excluding hydrogens is 334 g/mol. The van der Waals surface area contributed by atoms with Crippen LogP contribution in [0.25, 0.3) is 5.69 Å². The number of aromatic nitrogens is 4. The molecule has 0 bridgehead atoms. The Kier molecular flexibility index (Phi) is 5.73. The second-order valence-electron chi connectivity index (χ2n) is 6.85. The summed E-state index contributed by atoms with van der Waals surface area (Å²) in [6.07, 6.45) is 3.50. The van der Waals surface area contributed by atoms with Gasteiger partial charge in [0.05, 0.1) is 10.9 Å². The van der Waals surface area contributed by atoms with Crippen molar-refractivity contribution in [3.63, 3.8) is 0 Å². The van der Waals surface area contributed by atoms with Crippen LogP contribution in [-0.2, 0) is 4.79 Å². The minimum atomic E-state index is -0.252. The normalized spacial score (nSPS) is 24.7. The first-order chi connectivity index (χ1) is 12.1. The molecule has 1 aliphatic carbocycles. The Morgan fingerprint density at radius 3 is 2.80 bits per heavy atom. The number of nitrogens with zero attached hydrogens (tertiary/aromatic N) is 4. The molecule has 3 rings (SSSR count). The number of thioether (sulfide) groups is 1. The number of carbonyl (C=O) groups excluding carboxylic acids is 1. The van der Waals surface area contributed by atoms with E-state index in [2.05, 4.69) is 34.7 Å². The van der Waals surface area contributed by atoms with Crippen molar-refractivity contribution in [3.8, 4) is 5.69 Å². The van der Waals surface area contributed by atoms with Crippen LogP contribution in [0.5, 0.6) is 0 Å². The Labute approximate surface area is 152 Å². The van der Waals surface area contributed by atoms with Crippen molar-refractivity contribution in [2.45, 2.75) is 56.5 Å². The third-order valence-corrected chi connectivity index (χ3v) is 6.16. The van der Waals surface area contributed by atoms with Crippen LogP contribution in [0, 0.1) is 11.8 Å². The van der Waals surface area contributed by atoms with Crippen LogP contribution in [-0.4, -0.2) is 37.4 Å². The molecule has 0 spiro atoms. The van der Waals surface area contributed by atoms with Crippen LogP contribution in [0.15, 0.2) is 35.5 Å². The van der Waals surface area contributed by atoms with Crippen LogP contribution in [0.1, 0.15) is 40.0 Å². The summed E-state index contributed by atoms with van der Waals surface area (Å²) in [4.78, 5) is 12.6. The van der Waals surface area contributed by atoms with Crippen LogP contribution in [0.3, 0.4) is 0 Å². The SMILES string of the molecule is C[C@@H]1[C@H](C)CCC[C@@H]1NC(=O)[C@@H](C)Sc1nnnn1-c1ccccc1. The Bertz CT molecular complexity index is 705. The van der Waals surface area contributed by atoms with Gasteiger partial charge in [0.25, 0.3) is 0 Å². The molecule has 0 radical (unpaired) electrons. The molecule has 1 fully saturated rings. The maximum absolute atomic E-state index is 12.6. The topological polar surface area (TPSA) is 72.7 Å². The molecule has 1 aromatic carbocycles. The largest absolute Gasteiger partial charge is 0.352 e. The number of hydrogen-bond acceptors (Lipinski definition) is 5. The second-order valence-corrected chi connectivity index (χ2v) is 8.16. The standard InChI is InChI=1S/C18H25N5OS/c1-12-8-7-11-16(13(12)2)19-17(24)14(3)25-18-20-21-22-23(18)15-9-5-4-6-10-15/h4-6,9-10,12-14,16H,7-8,11H2,1-3H3,(H,19,24)/t12-,13-,14-,16+/m1/s1. The van der Waals surface area contributed by atoms with Crippen LogP contribution >= 0.6 is 11.8 Å². The van der Waals surface area contributed by atoms with E-state index in [9.17, 15) is 4.79 Å². The number of nitrogens with one attached hydrogen (secondary N) is 1. The highest BCUT2D eigenvalue weighted by Crippen LogP contribution is 2.30. The first kappa shape index (κ1) is 17.9. The molecule has 0 saturated heterocycles. The minimum Gasteiger partial charge on any atom is -0.352 e. The first-order valence-corrected chi connectivity index (χ1v) is 9.75. The molecule has 25 heavy (non-hydrogen) atoms.